The lowest BCUT2D eigenvalue weighted by Crippen LogP contribution is -2.51. The van der Waals surface area contributed by atoms with E-state index in [0.717, 1.165) is 39.4 Å². The number of nitrogens with one attached hydrogen (secondary N) is 1. The van der Waals surface area contributed by atoms with Gasteiger partial charge in [0.1, 0.15) is 0 Å². The standard InChI is InChI=1S/C14H28N4O2/c1-11(2)16-13(14(15)19)10-17-4-3-12(9-17)18-5-7-20-8-6-18/h11-13,16H,3-10H2,1-2H3,(H2,15,19). The number of hydrogen-bond donors (Lipinski definition) is 2. The Morgan fingerprint density at radius 1 is 1.35 bits per heavy atom. The summed E-state index contributed by atoms with van der Waals surface area (Å²) in [5, 5.41) is 3.25. The zero-order chi connectivity index (χ0) is 14.5. The van der Waals surface area contributed by atoms with Crippen LogP contribution in [0.3, 0.4) is 0 Å². The summed E-state index contributed by atoms with van der Waals surface area (Å²) in [6, 6.07) is 0.620. The molecule has 1 amide bonds. The lowest BCUT2D eigenvalue weighted by molar-refractivity contribution is -0.120. The molecule has 0 spiro atoms. The monoisotopic (exact) mass is 284 g/mol. The number of carbonyl (C=O) groups is 1. The summed E-state index contributed by atoms with van der Waals surface area (Å²) in [6.07, 6.45) is 1.17. The maximum absolute atomic E-state index is 11.5. The molecule has 6 nitrogen and oxygen atoms in total. The van der Waals surface area contributed by atoms with E-state index in [2.05, 4.69) is 15.1 Å². The number of morpholine rings is 1. The first-order valence-electron chi connectivity index (χ1n) is 7.65. The highest BCUT2D eigenvalue weighted by molar-refractivity contribution is 5.80. The minimum absolute atomic E-state index is 0.251. The Labute approximate surface area is 121 Å². The number of primary amides is 1. The fourth-order valence-electron chi connectivity index (χ4n) is 3.10. The first kappa shape index (κ1) is 15.7. The summed E-state index contributed by atoms with van der Waals surface area (Å²) in [5.41, 5.74) is 5.49. The van der Waals surface area contributed by atoms with Crippen molar-refractivity contribution >= 4 is 5.91 Å². The Morgan fingerprint density at radius 2 is 2.05 bits per heavy atom. The zero-order valence-electron chi connectivity index (χ0n) is 12.7. The number of nitrogens with zero attached hydrogens (tertiary/aromatic N) is 2. The van der Waals surface area contributed by atoms with Crippen LogP contribution in [0.5, 0.6) is 0 Å². The van der Waals surface area contributed by atoms with Crippen LogP contribution in [-0.2, 0) is 9.53 Å². The van der Waals surface area contributed by atoms with Crippen molar-refractivity contribution in [2.24, 2.45) is 5.73 Å². The van der Waals surface area contributed by atoms with Gasteiger partial charge >= 0.3 is 0 Å². The average Bonchev–Trinajstić information content (AvgIpc) is 2.87. The fraction of sp³-hybridized carbons (Fsp3) is 0.929. The molecule has 0 aromatic carbocycles. The highest BCUT2D eigenvalue weighted by atomic mass is 16.5. The van der Waals surface area contributed by atoms with E-state index >= 15 is 0 Å². The Morgan fingerprint density at radius 3 is 2.65 bits per heavy atom. The molecule has 2 atom stereocenters. The molecule has 2 fully saturated rings. The average molecular weight is 284 g/mol. The molecule has 2 saturated heterocycles. The SMILES string of the molecule is CC(C)NC(CN1CCC(N2CCOCC2)C1)C(N)=O. The molecular formula is C14H28N4O2. The van der Waals surface area contributed by atoms with E-state index in [1.165, 1.54) is 6.42 Å². The molecule has 2 rings (SSSR count). The largest absolute Gasteiger partial charge is 0.379 e. The van der Waals surface area contributed by atoms with Crippen molar-refractivity contribution in [2.75, 3.05) is 45.9 Å². The van der Waals surface area contributed by atoms with Gasteiger partial charge in [-0.2, -0.15) is 0 Å². The third kappa shape index (κ3) is 4.41. The number of nitrogens with two attached hydrogens (primary N) is 1. The van der Waals surface area contributed by atoms with Gasteiger partial charge < -0.3 is 15.8 Å². The van der Waals surface area contributed by atoms with Crippen molar-refractivity contribution in [3.8, 4) is 0 Å². The third-order valence-electron chi connectivity index (χ3n) is 4.13. The summed E-state index contributed by atoms with van der Waals surface area (Å²) in [6.45, 7) is 10.6. The zero-order valence-corrected chi connectivity index (χ0v) is 12.7. The second kappa shape index (κ2) is 7.36. The number of carbonyl (C=O) groups excluding carboxylic acids is 1. The summed E-state index contributed by atoms with van der Waals surface area (Å²) >= 11 is 0. The minimum Gasteiger partial charge on any atom is -0.379 e. The van der Waals surface area contributed by atoms with Crippen LogP contribution >= 0.6 is 0 Å². The minimum atomic E-state index is -0.256. The normalized spacial score (nSPS) is 27.1. The topological polar surface area (TPSA) is 70.8 Å². The lowest BCUT2D eigenvalue weighted by Gasteiger charge is -2.32. The van der Waals surface area contributed by atoms with Crippen LogP contribution in [0.15, 0.2) is 0 Å². The van der Waals surface area contributed by atoms with Crippen LogP contribution in [0, 0.1) is 0 Å². The first-order valence-corrected chi connectivity index (χ1v) is 7.65. The number of ether oxygens (including phenoxy) is 1. The van der Waals surface area contributed by atoms with Crippen molar-refractivity contribution in [2.45, 2.75) is 38.4 Å². The van der Waals surface area contributed by atoms with Gasteiger partial charge in [-0.1, -0.05) is 13.8 Å². The molecule has 2 aliphatic rings. The fourth-order valence-corrected chi connectivity index (χ4v) is 3.10. The molecule has 0 radical (unpaired) electrons. The maximum Gasteiger partial charge on any atom is 0.235 e. The third-order valence-corrected chi connectivity index (χ3v) is 4.13. The van der Waals surface area contributed by atoms with E-state index in [1.54, 1.807) is 0 Å². The summed E-state index contributed by atoms with van der Waals surface area (Å²) in [4.78, 5) is 16.4. The van der Waals surface area contributed by atoms with Crippen LogP contribution < -0.4 is 11.1 Å². The molecule has 0 aromatic rings. The van der Waals surface area contributed by atoms with Gasteiger partial charge in [0.25, 0.3) is 0 Å². The Hall–Kier alpha value is -0.690. The molecule has 116 valence electrons. The highest BCUT2D eigenvalue weighted by Crippen LogP contribution is 2.17. The van der Waals surface area contributed by atoms with E-state index < -0.39 is 0 Å². The van der Waals surface area contributed by atoms with E-state index in [0.29, 0.717) is 12.6 Å². The van der Waals surface area contributed by atoms with Crippen LogP contribution in [0.2, 0.25) is 0 Å². The molecule has 2 unspecified atom stereocenters. The Kier molecular flexibility index (Phi) is 5.77. The number of amides is 1. The van der Waals surface area contributed by atoms with Crippen LogP contribution in [-0.4, -0.2) is 79.8 Å². The van der Waals surface area contributed by atoms with Gasteiger partial charge in [-0.05, 0) is 13.0 Å². The quantitative estimate of drug-likeness (QED) is 0.671. The molecule has 3 N–H and O–H groups in total. The molecule has 0 aliphatic carbocycles. The second-order valence-electron chi connectivity index (χ2n) is 6.13. The Bertz CT molecular complexity index is 318. The van der Waals surface area contributed by atoms with Gasteiger partial charge in [-0.3, -0.25) is 14.6 Å². The van der Waals surface area contributed by atoms with Crippen molar-refractivity contribution in [1.29, 1.82) is 0 Å². The smallest absolute Gasteiger partial charge is 0.235 e. The maximum atomic E-state index is 11.5. The van der Waals surface area contributed by atoms with E-state index in [1.807, 2.05) is 13.8 Å². The number of likely N-dealkylation sites (tertiary alicyclic amines) is 1. The molecule has 6 heteroatoms. The summed E-state index contributed by atoms with van der Waals surface area (Å²) < 4.78 is 5.40. The second-order valence-corrected chi connectivity index (χ2v) is 6.13. The molecule has 2 heterocycles. The first-order chi connectivity index (χ1) is 9.56. The van der Waals surface area contributed by atoms with Crippen molar-refractivity contribution in [3.63, 3.8) is 0 Å². The summed E-state index contributed by atoms with van der Waals surface area (Å²) in [5.74, 6) is -0.256. The number of hydrogen-bond acceptors (Lipinski definition) is 5. The lowest BCUT2D eigenvalue weighted by atomic mass is 10.2. The van der Waals surface area contributed by atoms with E-state index in [4.69, 9.17) is 10.5 Å². The molecule has 0 aromatic heterocycles. The van der Waals surface area contributed by atoms with E-state index in [-0.39, 0.29) is 18.0 Å². The highest BCUT2D eigenvalue weighted by Gasteiger charge is 2.30. The van der Waals surface area contributed by atoms with Gasteiger partial charge in [0.05, 0.1) is 19.3 Å². The summed E-state index contributed by atoms with van der Waals surface area (Å²) in [7, 11) is 0. The van der Waals surface area contributed by atoms with Gasteiger partial charge in [-0.25, -0.2) is 0 Å². The predicted octanol–water partition coefficient (Wildman–Crippen LogP) is -0.755. The van der Waals surface area contributed by atoms with Gasteiger partial charge in [-0.15, -0.1) is 0 Å². The van der Waals surface area contributed by atoms with Crippen molar-refractivity contribution in [3.05, 3.63) is 0 Å². The van der Waals surface area contributed by atoms with Gasteiger partial charge in [0.15, 0.2) is 0 Å². The van der Waals surface area contributed by atoms with Crippen molar-refractivity contribution in [1.82, 2.24) is 15.1 Å². The molecule has 0 saturated carbocycles. The van der Waals surface area contributed by atoms with Crippen LogP contribution in [0.1, 0.15) is 20.3 Å². The van der Waals surface area contributed by atoms with Gasteiger partial charge in [0, 0.05) is 38.3 Å². The number of rotatable bonds is 6. The molecule has 0 bridgehead atoms. The molecular weight excluding hydrogens is 256 g/mol. The predicted molar refractivity (Wildman–Crippen MR) is 78.5 cm³/mol. The van der Waals surface area contributed by atoms with Crippen molar-refractivity contribution < 1.29 is 9.53 Å². The Balaban J connectivity index is 1.80. The van der Waals surface area contributed by atoms with Crippen LogP contribution in [0.25, 0.3) is 0 Å². The van der Waals surface area contributed by atoms with Gasteiger partial charge in [0.2, 0.25) is 5.91 Å². The van der Waals surface area contributed by atoms with Crippen LogP contribution in [0.4, 0.5) is 0 Å². The molecule has 20 heavy (non-hydrogen) atoms. The van der Waals surface area contributed by atoms with E-state index in [9.17, 15) is 4.79 Å². The molecule has 2 aliphatic heterocycles.